The summed E-state index contributed by atoms with van der Waals surface area (Å²) in [6.45, 7) is 5.35. The Kier molecular flexibility index (Phi) is 6.70. The molecule has 0 rings (SSSR count). The molecular weight excluding hydrogens is 156 g/mol. The molecule has 0 bridgehead atoms. The molecular formula is C8H18N2O2. The Hall–Kier alpha value is -0.610. The van der Waals surface area contributed by atoms with Crippen molar-refractivity contribution in [2.24, 2.45) is 5.73 Å². The maximum Gasteiger partial charge on any atom is 0.320 e. The summed E-state index contributed by atoms with van der Waals surface area (Å²) >= 11 is 0. The number of ether oxygens (including phenoxy) is 1. The smallest absolute Gasteiger partial charge is 0.320 e. The van der Waals surface area contributed by atoms with Gasteiger partial charge < -0.3 is 15.8 Å². The highest BCUT2D eigenvalue weighted by Crippen LogP contribution is 1.87. The van der Waals surface area contributed by atoms with Gasteiger partial charge in [0.15, 0.2) is 0 Å². The molecule has 0 heterocycles. The third-order valence-electron chi connectivity index (χ3n) is 1.19. The molecule has 0 saturated heterocycles. The van der Waals surface area contributed by atoms with Gasteiger partial charge in [-0.2, -0.15) is 0 Å². The van der Waals surface area contributed by atoms with E-state index in [1.807, 2.05) is 13.8 Å². The van der Waals surface area contributed by atoms with Crippen LogP contribution < -0.4 is 11.1 Å². The molecule has 72 valence electrons. The first kappa shape index (κ1) is 11.4. The predicted molar refractivity (Wildman–Crippen MR) is 47.8 cm³/mol. The van der Waals surface area contributed by atoms with E-state index < -0.39 is 0 Å². The van der Waals surface area contributed by atoms with E-state index >= 15 is 0 Å². The number of hydrogen-bond acceptors (Lipinski definition) is 4. The Bertz CT molecular complexity index is 126. The van der Waals surface area contributed by atoms with E-state index in [4.69, 9.17) is 10.5 Å². The van der Waals surface area contributed by atoms with Crippen LogP contribution in [0.4, 0.5) is 0 Å². The summed E-state index contributed by atoms with van der Waals surface area (Å²) in [7, 11) is 0. The van der Waals surface area contributed by atoms with E-state index in [1.165, 1.54) is 0 Å². The van der Waals surface area contributed by atoms with Crippen LogP contribution in [0.1, 0.15) is 20.3 Å². The summed E-state index contributed by atoms with van der Waals surface area (Å²) in [5.41, 5.74) is 5.27. The molecule has 4 heteroatoms. The van der Waals surface area contributed by atoms with Gasteiger partial charge in [-0.3, -0.25) is 4.79 Å². The van der Waals surface area contributed by atoms with E-state index in [0.717, 1.165) is 13.0 Å². The number of carbonyl (C=O) groups is 1. The number of nitrogens with two attached hydrogens (primary N) is 1. The SMILES string of the molecule is CC(C)OC(=O)CNCCCN. The van der Waals surface area contributed by atoms with Gasteiger partial charge >= 0.3 is 5.97 Å². The monoisotopic (exact) mass is 174 g/mol. The molecule has 0 aromatic rings. The van der Waals surface area contributed by atoms with Gasteiger partial charge in [-0.15, -0.1) is 0 Å². The minimum atomic E-state index is -0.206. The number of hydrogen-bond donors (Lipinski definition) is 2. The lowest BCUT2D eigenvalue weighted by Gasteiger charge is -2.07. The normalized spacial score (nSPS) is 10.3. The van der Waals surface area contributed by atoms with Gasteiger partial charge in [0, 0.05) is 0 Å². The highest BCUT2D eigenvalue weighted by atomic mass is 16.5. The number of rotatable bonds is 6. The van der Waals surface area contributed by atoms with Gasteiger partial charge in [-0.1, -0.05) is 0 Å². The van der Waals surface area contributed by atoms with Crippen molar-refractivity contribution in [1.29, 1.82) is 0 Å². The summed E-state index contributed by atoms with van der Waals surface area (Å²) in [6, 6.07) is 0. The molecule has 4 nitrogen and oxygen atoms in total. The Morgan fingerprint density at radius 1 is 1.58 bits per heavy atom. The first-order valence-corrected chi connectivity index (χ1v) is 4.27. The molecule has 0 aromatic carbocycles. The maximum absolute atomic E-state index is 10.9. The van der Waals surface area contributed by atoms with Gasteiger partial charge in [0.05, 0.1) is 12.6 Å². The van der Waals surface area contributed by atoms with Crippen LogP contribution in [-0.4, -0.2) is 31.7 Å². The molecule has 3 N–H and O–H groups in total. The van der Waals surface area contributed by atoms with Crippen LogP contribution in [0, 0.1) is 0 Å². The van der Waals surface area contributed by atoms with Crippen molar-refractivity contribution in [2.45, 2.75) is 26.4 Å². The largest absolute Gasteiger partial charge is 0.462 e. The highest BCUT2D eigenvalue weighted by Gasteiger charge is 2.03. The highest BCUT2D eigenvalue weighted by molar-refractivity contribution is 5.71. The Morgan fingerprint density at radius 2 is 2.25 bits per heavy atom. The number of carbonyl (C=O) groups excluding carboxylic acids is 1. The van der Waals surface area contributed by atoms with Gasteiger partial charge in [-0.05, 0) is 33.4 Å². The van der Waals surface area contributed by atoms with Crippen molar-refractivity contribution in [3.8, 4) is 0 Å². The van der Waals surface area contributed by atoms with Crippen LogP contribution in [-0.2, 0) is 9.53 Å². The first-order valence-electron chi connectivity index (χ1n) is 4.27. The van der Waals surface area contributed by atoms with E-state index in [9.17, 15) is 4.79 Å². The van der Waals surface area contributed by atoms with Crippen LogP contribution >= 0.6 is 0 Å². The third-order valence-corrected chi connectivity index (χ3v) is 1.19. The Balaban J connectivity index is 3.20. The molecule has 0 amide bonds. The number of nitrogens with one attached hydrogen (secondary N) is 1. The fourth-order valence-corrected chi connectivity index (χ4v) is 0.722. The zero-order valence-electron chi connectivity index (χ0n) is 7.80. The average molecular weight is 174 g/mol. The van der Waals surface area contributed by atoms with E-state index in [0.29, 0.717) is 6.54 Å². The molecule has 0 spiro atoms. The van der Waals surface area contributed by atoms with Crippen LogP contribution in [0.25, 0.3) is 0 Å². The van der Waals surface area contributed by atoms with Gasteiger partial charge in [-0.25, -0.2) is 0 Å². The maximum atomic E-state index is 10.9. The van der Waals surface area contributed by atoms with Crippen molar-refractivity contribution in [2.75, 3.05) is 19.6 Å². The van der Waals surface area contributed by atoms with Crippen molar-refractivity contribution in [1.82, 2.24) is 5.32 Å². The lowest BCUT2D eigenvalue weighted by molar-refractivity contribution is -0.146. The Morgan fingerprint density at radius 3 is 2.75 bits per heavy atom. The molecule has 0 aromatic heterocycles. The van der Waals surface area contributed by atoms with Gasteiger partial charge in [0.2, 0.25) is 0 Å². The second kappa shape index (κ2) is 7.06. The van der Waals surface area contributed by atoms with Gasteiger partial charge in [0.25, 0.3) is 0 Å². The molecule has 0 aliphatic rings. The molecule has 0 unspecified atom stereocenters. The van der Waals surface area contributed by atoms with Crippen molar-refractivity contribution in [3.05, 3.63) is 0 Å². The summed E-state index contributed by atoms with van der Waals surface area (Å²) in [5.74, 6) is -0.206. The summed E-state index contributed by atoms with van der Waals surface area (Å²) < 4.78 is 4.90. The zero-order valence-corrected chi connectivity index (χ0v) is 7.80. The molecule has 0 saturated carbocycles. The second-order valence-electron chi connectivity index (χ2n) is 2.86. The van der Waals surface area contributed by atoms with Gasteiger partial charge in [0.1, 0.15) is 0 Å². The minimum absolute atomic E-state index is 0.0335. The average Bonchev–Trinajstić information content (AvgIpc) is 1.97. The quantitative estimate of drug-likeness (QED) is 0.435. The second-order valence-corrected chi connectivity index (χ2v) is 2.86. The van der Waals surface area contributed by atoms with Crippen molar-refractivity contribution < 1.29 is 9.53 Å². The minimum Gasteiger partial charge on any atom is -0.462 e. The van der Waals surface area contributed by atoms with Crippen molar-refractivity contribution in [3.63, 3.8) is 0 Å². The molecule has 0 aliphatic carbocycles. The van der Waals surface area contributed by atoms with Crippen LogP contribution in [0.2, 0.25) is 0 Å². The van der Waals surface area contributed by atoms with Crippen LogP contribution in [0.3, 0.4) is 0 Å². The first-order chi connectivity index (χ1) is 5.66. The van der Waals surface area contributed by atoms with Crippen LogP contribution in [0.5, 0.6) is 0 Å². The number of esters is 1. The standard InChI is InChI=1S/C8H18N2O2/c1-7(2)12-8(11)6-10-5-3-4-9/h7,10H,3-6,9H2,1-2H3. The third kappa shape index (κ3) is 7.50. The van der Waals surface area contributed by atoms with E-state index in [2.05, 4.69) is 5.32 Å². The predicted octanol–water partition coefficient (Wildman–Crippen LogP) is -0.124. The molecule has 0 atom stereocenters. The molecule has 12 heavy (non-hydrogen) atoms. The molecule has 0 fully saturated rings. The molecule has 0 radical (unpaired) electrons. The topological polar surface area (TPSA) is 64.3 Å². The summed E-state index contributed by atoms with van der Waals surface area (Å²) in [6.07, 6.45) is 0.850. The van der Waals surface area contributed by atoms with Crippen LogP contribution in [0.15, 0.2) is 0 Å². The summed E-state index contributed by atoms with van der Waals surface area (Å²) in [5, 5.41) is 2.94. The summed E-state index contributed by atoms with van der Waals surface area (Å²) in [4.78, 5) is 10.9. The fourth-order valence-electron chi connectivity index (χ4n) is 0.722. The zero-order chi connectivity index (χ0) is 9.40. The lowest BCUT2D eigenvalue weighted by atomic mass is 10.4. The Labute approximate surface area is 73.5 Å². The fraction of sp³-hybridized carbons (Fsp3) is 0.875. The van der Waals surface area contributed by atoms with E-state index in [1.54, 1.807) is 0 Å². The lowest BCUT2D eigenvalue weighted by Crippen LogP contribution is -2.28. The van der Waals surface area contributed by atoms with Crippen molar-refractivity contribution >= 4 is 5.97 Å². The van der Waals surface area contributed by atoms with E-state index in [-0.39, 0.29) is 18.6 Å². The molecule has 0 aliphatic heterocycles.